The molecule has 3 heteroatoms. The number of nitrogens with one attached hydrogen (secondary N) is 1. The minimum Gasteiger partial charge on any atom is -0.319 e. The fourth-order valence-electron chi connectivity index (χ4n) is 1.79. The molecule has 0 aliphatic carbocycles. The van der Waals surface area contributed by atoms with Crippen molar-refractivity contribution in [1.29, 1.82) is 0 Å². The minimum atomic E-state index is 0.143. The Morgan fingerprint density at radius 2 is 2.06 bits per heavy atom. The van der Waals surface area contributed by atoms with Gasteiger partial charge in [-0.15, -0.1) is 11.3 Å². The van der Waals surface area contributed by atoms with Crippen LogP contribution in [0.25, 0.3) is 10.2 Å². The summed E-state index contributed by atoms with van der Waals surface area (Å²) in [5, 5.41) is 4.42. The first-order valence-corrected chi connectivity index (χ1v) is 6.87. The number of para-hydroxylation sites is 1. The summed E-state index contributed by atoms with van der Waals surface area (Å²) in [6, 6.07) is 6.49. The molecule has 2 nitrogen and oxygen atoms in total. The molecule has 0 aliphatic heterocycles. The van der Waals surface area contributed by atoms with E-state index >= 15 is 0 Å². The summed E-state index contributed by atoms with van der Waals surface area (Å²) >= 11 is 1.82. The van der Waals surface area contributed by atoms with Gasteiger partial charge >= 0.3 is 0 Å². The van der Waals surface area contributed by atoms with Gasteiger partial charge in [0.25, 0.3) is 0 Å². The Kier molecular flexibility index (Phi) is 3.50. The van der Waals surface area contributed by atoms with Crippen LogP contribution in [-0.2, 0) is 11.8 Å². The number of rotatable bonds is 3. The van der Waals surface area contributed by atoms with Gasteiger partial charge in [0.05, 0.1) is 15.2 Å². The molecule has 1 aromatic heterocycles. The molecule has 0 radical (unpaired) electrons. The smallest absolute Gasteiger partial charge is 0.0992 e. The highest BCUT2D eigenvalue weighted by atomic mass is 32.1. The summed E-state index contributed by atoms with van der Waals surface area (Å²) in [6.45, 7) is 7.66. The molecule has 0 aliphatic rings. The third-order valence-electron chi connectivity index (χ3n) is 2.79. The molecular formula is C14H20N2S. The second kappa shape index (κ2) is 4.75. The molecule has 1 aromatic carbocycles. The molecule has 17 heavy (non-hydrogen) atoms. The molecule has 0 atom stereocenters. The van der Waals surface area contributed by atoms with E-state index in [1.54, 1.807) is 0 Å². The van der Waals surface area contributed by atoms with Gasteiger partial charge in [-0.25, -0.2) is 4.98 Å². The highest BCUT2D eigenvalue weighted by Crippen LogP contribution is 2.32. The molecule has 0 amide bonds. The van der Waals surface area contributed by atoms with Gasteiger partial charge in [-0.1, -0.05) is 32.9 Å². The van der Waals surface area contributed by atoms with Crippen LogP contribution in [0.4, 0.5) is 0 Å². The summed E-state index contributed by atoms with van der Waals surface area (Å²) in [5.41, 5.74) is 2.69. The van der Waals surface area contributed by atoms with E-state index in [4.69, 9.17) is 4.98 Å². The van der Waals surface area contributed by atoms with Crippen molar-refractivity contribution < 1.29 is 0 Å². The van der Waals surface area contributed by atoms with Gasteiger partial charge in [-0.05, 0) is 31.6 Å². The number of nitrogens with zero attached hydrogens (tertiary/aromatic N) is 1. The Morgan fingerprint density at radius 1 is 1.29 bits per heavy atom. The Hall–Kier alpha value is -0.930. The van der Waals surface area contributed by atoms with E-state index in [2.05, 4.69) is 44.3 Å². The molecular weight excluding hydrogens is 228 g/mol. The van der Waals surface area contributed by atoms with Crippen molar-refractivity contribution in [3.63, 3.8) is 0 Å². The highest BCUT2D eigenvalue weighted by molar-refractivity contribution is 7.18. The molecule has 0 spiro atoms. The molecule has 92 valence electrons. The number of benzene rings is 1. The van der Waals surface area contributed by atoms with Crippen molar-refractivity contribution in [3.8, 4) is 0 Å². The van der Waals surface area contributed by atoms with Crippen LogP contribution >= 0.6 is 11.3 Å². The Bertz CT molecular complexity index is 508. The van der Waals surface area contributed by atoms with Crippen molar-refractivity contribution in [2.45, 2.75) is 32.6 Å². The van der Waals surface area contributed by atoms with E-state index in [1.165, 1.54) is 20.8 Å². The maximum absolute atomic E-state index is 4.83. The molecule has 0 unspecified atom stereocenters. The average molecular weight is 248 g/mol. The zero-order valence-electron chi connectivity index (χ0n) is 11.0. The largest absolute Gasteiger partial charge is 0.319 e. The Labute approximate surface area is 107 Å². The zero-order chi connectivity index (χ0) is 12.5. The third-order valence-corrected chi connectivity index (χ3v) is 4.23. The van der Waals surface area contributed by atoms with Crippen LogP contribution in [0.5, 0.6) is 0 Å². The zero-order valence-corrected chi connectivity index (χ0v) is 11.8. The van der Waals surface area contributed by atoms with Crippen LogP contribution in [-0.4, -0.2) is 18.6 Å². The standard InChI is InChI=1S/C14H20N2S/c1-14(2,3)13-16-12-10(8-9-15-4)6-5-7-11(12)17-13/h5-7,15H,8-9H2,1-4H3. The molecule has 2 rings (SSSR count). The van der Waals surface area contributed by atoms with Gasteiger partial charge < -0.3 is 5.32 Å². The van der Waals surface area contributed by atoms with E-state index in [0.717, 1.165) is 13.0 Å². The number of likely N-dealkylation sites (N-methyl/N-ethyl adjacent to an activating group) is 1. The van der Waals surface area contributed by atoms with Crippen LogP contribution in [0.1, 0.15) is 31.3 Å². The topological polar surface area (TPSA) is 24.9 Å². The van der Waals surface area contributed by atoms with E-state index in [1.807, 2.05) is 18.4 Å². The number of thiazole rings is 1. The van der Waals surface area contributed by atoms with Crippen molar-refractivity contribution >= 4 is 21.6 Å². The predicted octanol–water partition coefficient (Wildman–Crippen LogP) is 3.36. The van der Waals surface area contributed by atoms with Crippen LogP contribution in [0, 0.1) is 0 Å². The summed E-state index contributed by atoms with van der Waals surface area (Å²) in [5.74, 6) is 0. The summed E-state index contributed by atoms with van der Waals surface area (Å²) in [4.78, 5) is 4.83. The molecule has 0 bridgehead atoms. The fourth-order valence-corrected chi connectivity index (χ4v) is 2.86. The number of aromatic nitrogens is 1. The van der Waals surface area contributed by atoms with Crippen LogP contribution in [0.2, 0.25) is 0 Å². The van der Waals surface area contributed by atoms with E-state index < -0.39 is 0 Å². The van der Waals surface area contributed by atoms with Crippen LogP contribution < -0.4 is 5.32 Å². The fraction of sp³-hybridized carbons (Fsp3) is 0.500. The van der Waals surface area contributed by atoms with Crippen molar-refractivity contribution in [2.75, 3.05) is 13.6 Å². The predicted molar refractivity (Wildman–Crippen MR) is 76.0 cm³/mol. The summed E-state index contributed by atoms with van der Waals surface area (Å²) < 4.78 is 1.31. The van der Waals surface area contributed by atoms with Gasteiger partial charge in [-0.2, -0.15) is 0 Å². The Morgan fingerprint density at radius 3 is 2.71 bits per heavy atom. The maximum atomic E-state index is 4.83. The molecule has 0 fully saturated rings. The molecule has 2 aromatic rings. The van der Waals surface area contributed by atoms with Gasteiger partial charge in [0.2, 0.25) is 0 Å². The third kappa shape index (κ3) is 2.67. The highest BCUT2D eigenvalue weighted by Gasteiger charge is 2.19. The van der Waals surface area contributed by atoms with Crippen LogP contribution in [0.15, 0.2) is 18.2 Å². The van der Waals surface area contributed by atoms with E-state index in [0.29, 0.717) is 0 Å². The maximum Gasteiger partial charge on any atom is 0.0992 e. The summed E-state index contributed by atoms with van der Waals surface area (Å²) in [7, 11) is 1.99. The summed E-state index contributed by atoms with van der Waals surface area (Å²) in [6.07, 6.45) is 1.04. The molecule has 0 saturated carbocycles. The monoisotopic (exact) mass is 248 g/mol. The van der Waals surface area contributed by atoms with Gasteiger partial charge in [0, 0.05) is 5.41 Å². The first-order valence-electron chi connectivity index (χ1n) is 6.06. The van der Waals surface area contributed by atoms with Gasteiger partial charge in [-0.3, -0.25) is 0 Å². The molecule has 0 saturated heterocycles. The number of fused-ring (bicyclic) bond motifs is 1. The quantitative estimate of drug-likeness (QED) is 0.901. The van der Waals surface area contributed by atoms with Gasteiger partial charge in [0.1, 0.15) is 0 Å². The number of hydrogen-bond acceptors (Lipinski definition) is 3. The van der Waals surface area contributed by atoms with E-state index in [-0.39, 0.29) is 5.41 Å². The van der Waals surface area contributed by atoms with E-state index in [9.17, 15) is 0 Å². The van der Waals surface area contributed by atoms with Gasteiger partial charge in [0.15, 0.2) is 0 Å². The second-order valence-electron chi connectivity index (χ2n) is 5.39. The average Bonchev–Trinajstić information content (AvgIpc) is 2.70. The van der Waals surface area contributed by atoms with Crippen molar-refractivity contribution in [1.82, 2.24) is 10.3 Å². The van der Waals surface area contributed by atoms with Crippen molar-refractivity contribution in [2.24, 2.45) is 0 Å². The lowest BCUT2D eigenvalue weighted by Crippen LogP contribution is -2.11. The molecule has 1 N–H and O–H groups in total. The first-order chi connectivity index (χ1) is 8.02. The lowest BCUT2D eigenvalue weighted by Gasteiger charge is -2.13. The van der Waals surface area contributed by atoms with Crippen molar-refractivity contribution in [3.05, 3.63) is 28.8 Å². The lowest BCUT2D eigenvalue weighted by atomic mass is 9.98. The van der Waals surface area contributed by atoms with Crippen LogP contribution in [0.3, 0.4) is 0 Å². The minimum absolute atomic E-state index is 0.143. The lowest BCUT2D eigenvalue weighted by molar-refractivity contribution is 0.587. The Balaban J connectivity index is 2.45. The SMILES string of the molecule is CNCCc1cccc2sc(C(C)(C)C)nc12. The second-order valence-corrected chi connectivity index (χ2v) is 6.42. The molecule has 1 heterocycles. The normalized spacial score (nSPS) is 12.2. The first kappa shape index (κ1) is 12.5. The number of hydrogen-bond donors (Lipinski definition) is 1.